The second-order valence-electron chi connectivity index (χ2n) is 4.57. The van der Waals surface area contributed by atoms with Crippen LogP contribution in [0.3, 0.4) is 0 Å². The molecule has 6 nitrogen and oxygen atoms in total. The highest BCUT2D eigenvalue weighted by Gasteiger charge is 2.11. The summed E-state index contributed by atoms with van der Waals surface area (Å²) < 4.78 is 7.46. The highest BCUT2D eigenvalue weighted by atomic mass is 16.5. The highest BCUT2D eigenvalue weighted by Crippen LogP contribution is 2.23. The Labute approximate surface area is 111 Å². The zero-order chi connectivity index (χ0) is 14.0. The fraction of sp³-hybridized carbons (Fsp3) is 0.308. The molecule has 0 saturated heterocycles. The van der Waals surface area contributed by atoms with Crippen molar-refractivity contribution in [1.82, 2.24) is 14.8 Å². The van der Waals surface area contributed by atoms with E-state index >= 15 is 0 Å². The van der Waals surface area contributed by atoms with Crippen molar-refractivity contribution < 1.29 is 4.74 Å². The van der Waals surface area contributed by atoms with Crippen LogP contribution in [-0.4, -0.2) is 20.6 Å². The van der Waals surface area contributed by atoms with Crippen molar-refractivity contribution in [3.63, 3.8) is 0 Å². The number of hydrogen-bond acceptors (Lipinski definition) is 4. The molecular weight excluding hydrogens is 242 g/mol. The van der Waals surface area contributed by atoms with Gasteiger partial charge in [-0.05, 0) is 32.9 Å². The summed E-state index contributed by atoms with van der Waals surface area (Å²) >= 11 is 0. The minimum Gasteiger partial charge on any atom is -0.435 e. The van der Waals surface area contributed by atoms with E-state index in [-0.39, 0.29) is 11.9 Å². The Morgan fingerprint density at radius 3 is 2.74 bits per heavy atom. The molecule has 2 rings (SSSR count). The van der Waals surface area contributed by atoms with Gasteiger partial charge in [-0.25, -0.2) is 4.98 Å². The third-order valence-corrected chi connectivity index (χ3v) is 2.61. The molecule has 100 valence electrons. The predicted molar refractivity (Wildman–Crippen MR) is 72.7 cm³/mol. The Balaban J connectivity index is 2.31. The number of nitrogens with one attached hydrogen (secondary N) is 1. The third-order valence-electron chi connectivity index (χ3n) is 2.61. The molecule has 0 aromatic carbocycles. The van der Waals surface area contributed by atoms with Crippen LogP contribution in [0.25, 0.3) is 0 Å². The van der Waals surface area contributed by atoms with E-state index in [1.807, 2.05) is 20.8 Å². The Morgan fingerprint density at radius 1 is 1.42 bits per heavy atom. The molecule has 0 fully saturated rings. The van der Waals surface area contributed by atoms with Gasteiger partial charge in [-0.3, -0.25) is 10.1 Å². The average molecular weight is 259 g/mol. The third kappa shape index (κ3) is 2.90. The minimum absolute atomic E-state index is 0.0706. The van der Waals surface area contributed by atoms with Gasteiger partial charge in [0, 0.05) is 11.7 Å². The summed E-state index contributed by atoms with van der Waals surface area (Å²) in [5, 5.41) is 11.7. The lowest BCUT2D eigenvalue weighted by Crippen LogP contribution is -2.13. The van der Waals surface area contributed by atoms with Crippen molar-refractivity contribution >= 4 is 5.84 Å². The van der Waals surface area contributed by atoms with Gasteiger partial charge in [0.15, 0.2) is 5.75 Å². The first-order chi connectivity index (χ1) is 8.97. The number of rotatable bonds is 4. The van der Waals surface area contributed by atoms with Crippen molar-refractivity contribution in [1.29, 1.82) is 5.41 Å². The fourth-order valence-corrected chi connectivity index (χ4v) is 1.58. The van der Waals surface area contributed by atoms with E-state index in [9.17, 15) is 0 Å². The number of amidine groups is 1. The molecule has 0 bridgehead atoms. The van der Waals surface area contributed by atoms with Gasteiger partial charge in [-0.15, -0.1) is 0 Å². The number of aromatic nitrogens is 3. The molecule has 0 saturated carbocycles. The minimum atomic E-state index is -0.0706. The lowest BCUT2D eigenvalue weighted by atomic mass is 10.2. The van der Waals surface area contributed by atoms with Gasteiger partial charge in [0.1, 0.15) is 5.84 Å². The number of pyridine rings is 1. The van der Waals surface area contributed by atoms with Crippen LogP contribution in [0.1, 0.15) is 31.1 Å². The predicted octanol–water partition coefficient (Wildman–Crippen LogP) is 2.24. The molecule has 0 spiro atoms. The van der Waals surface area contributed by atoms with Crippen LogP contribution in [0, 0.1) is 12.3 Å². The Hall–Kier alpha value is -2.37. The lowest BCUT2D eigenvalue weighted by Gasteiger charge is -2.08. The van der Waals surface area contributed by atoms with Crippen molar-refractivity contribution in [3.05, 3.63) is 35.8 Å². The zero-order valence-electron chi connectivity index (χ0n) is 11.2. The molecule has 0 aliphatic rings. The van der Waals surface area contributed by atoms with Crippen molar-refractivity contribution in [3.8, 4) is 11.6 Å². The van der Waals surface area contributed by atoms with E-state index in [1.165, 1.54) is 0 Å². The molecule has 0 amide bonds. The summed E-state index contributed by atoms with van der Waals surface area (Å²) in [4.78, 5) is 4.26. The number of ether oxygens (including phenoxy) is 1. The quantitative estimate of drug-likeness (QED) is 0.651. The molecule has 0 unspecified atom stereocenters. The van der Waals surface area contributed by atoms with E-state index < -0.39 is 0 Å². The summed E-state index contributed by atoms with van der Waals surface area (Å²) in [6.07, 6.45) is 3.41. The number of nitrogens with two attached hydrogens (primary N) is 1. The molecule has 0 aliphatic carbocycles. The van der Waals surface area contributed by atoms with E-state index in [4.69, 9.17) is 15.9 Å². The first kappa shape index (κ1) is 13.1. The highest BCUT2D eigenvalue weighted by molar-refractivity contribution is 5.97. The zero-order valence-corrected chi connectivity index (χ0v) is 11.2. The Kier molecular flexibility index (Phi) is 3.50. The standard InChI is InChI=1S/C13H17N5O/c1-8(2)18-7-10(6-16-18)19-13-11(12(14)15)5-4-9(3)17-13/h4-8H,1-3H3,(H3,14,15). The summed E-state index contributed by atoms with van der Waals surface area (Å²) in [5.74, 6) is 0.837. The molecule has 0 radical (unpaired) electrons. The van der Waals surface area contributed by atoms with Crippen LogP contribution in [0.4, 0.5) is 0 Å². The number of hydrogen-bond donors (Lipinski definition) is 2. The molecule has 6 heteroatoms. The summed E-state index contributed by atoms with van der Waals surface area (Å²) in [5.41, 5.74) is 6.79. The van der Waals surface area contributed by atoms with Gasteiger partial charge in [0.25, 0.3) is 0 Å². The van der Waals surface area contributed by atoms with Crippen LogP contribution in [0.5, 0.6) is 11.6 Å². The lowest BCUT2D eigenvalue weighted by molar-refractivity contribution is 0.456. The van der Waals surface area contributed by atoms with Crippen molar-refractivity contribution in [2.75, 3.05) is 0 Å². The van der Waals surface area contributed by atoms with Gasteiger partial charge in [-0.2, -0.15) is 5.10 Å². The van der Waals surface area contributed by atoms with Crippen LogP contribution in [0.15, 0.2) is 24.5 Å². The maximum atomic E-state index is 7.52. The summed E-state index contributed by atoms with van der Waals surface area (Å²) in [6.45, 7) is 5.92. The molecule has 19 heavy (non-hydrogen) atoms. The van der Waals surface area contributed by atoms with E-state index in [0.717, 1.165) is 5.69 Å². The maximum absolute atomic E-state index is 7.52. The molecule has 0 atom stereocenters. The molecular formula is C13H17N5O. The number of nitrogen functional groups attached to an aromatic ring is 1. The molecule has 2 heterocycles. The van der Waals surface area contributed by atoms with Gasteiger partial charge < -0.3 is 10.5 Å². The van der Waals surface area contributed by atoms with Gasteiger partial charge in [0.05, 0.1) is 18.0 Å². The average Bonchev–Trinajstić information content (AvgIpc) is 2.77. The summed E-state index contributed by atoms with van der Waals surface area (Å²) in [6, 6.07) is 3.78. The van der Waals surface area contributed by atoms with E-state index in [1.54, 1.807) is 29.2 Å². The Bertz CT molecular complexity index is 603. The topological polar surface area (TPSA) is 89.8 Å². The largest absolute Gasteiger partial charge is 0.435 e. The number of aryl methyl sites for hydroxylation is 1. The van der Waals surface area contributed by atoms with Gasteiger partial charge >= 0.3 is 0 Å². The monoisotopic (exact) mass is 259 g/mol. The van der Waals surface area contributed by atoms with Crippen LogP contribution in [-0.2, 0) is 0 Å². The van der Waals surface area contributed by atoms with E-state index in [2.05, 4.69) is 10.1 Å². The number of nitrogens with zero attached hydrogens (tertiary/aromatic N) is 3. The fourth-order valence-electron chi connectivity index (χ4n) is 1.58. The first-order valence-electron chi connectivity index (χ1n) is 6.01. The van der Waals surface area contributed by atoms with Crippen molar-refractivity contribution in [2.45, 2.75) is 26.8 Å². The molecule has 2 aromatic rings. The molecule has 0 aliphatic heterocycles. The van der Waals surface area contributed by atoms with E-state index in [0.29, 0.717) is 17.2 Å². The van der Waals surface area contributed by atoms with Crippen molar-refractivity contribution in [2.24, 2.45) is 5.73 Å². The molecule has 3 N–H and O–H groups in total. The smallest absolute Gasteiger partial charge is 0.230 e. The molecule has 2 aromatic heterocycles. The van der Waals surface area contributed by atoms with Gasteiger partial charge in [0.2, 0.25) is 5.88 Å². The Morgan fingerprint density at radius 2 is 2.16 bits per heavy atom. The SMILES string of the molecule is Cc1ccc(C(=N)N)c(Oc2cnn(C(C)C)c2)n1. The first-order valence-corrected chi connectivity index (χ1v) is 6.01. The second kappa shape index (κ2) is 5.09. The van der Waals surface area contributed by atoms with Gasteiger partial charge in [-0.1, -0.05) is 0 Å². The van der Waals surface area contributed by atoms with Crippen LogP contribution < -0.4 is 10.5 Å². The second-order valence-corrected chi connectivity index (χ2v) is 4.57. The van der Waals surface area contributed by atoms with Crippen LogP contribution in [0.2, 0.25) is 0 Å². The normalized spacial score (nSPS) is 10.7. The van der Waals surface area contributed by atoms with Crippen LogP contribution >= 0.6 is 0 Å². The summed E-state index contributed by atoms with van der Waals surface area (Å²) in [7, 11) is 0. The maximum Gasteiger partial charge on any atom is 0.230 e.